The normalized spacial score (nSPS) is 18.0. The third-order valence-corrected chi connectivity index (χ3v) is 6.85. The number of thiazole rings is 1. The number of hydrogen-bond acceptors (Lipinski definition) is 4. The van der Waals surface area contributed by atoms with E-state index in [1.54, 1.807) is 11.3 Å². The number of aryl methyl sites for hydroxylation is 3. The highest BCUT2D eigenvalue weighted by Gasteiger charge is 2.32. The Morgan fingerprint density at radius 2 is 1.89 bits per heavy atom. The van der Waals surface area contributed by atoms with Gasteiger partial charge in [0.05, 0.1) is 22.7 Å². The van der Waals surface area contributed by atoms with Crippen molar-refractivity contribution in [2.75, 3.05) is 20.1 Å². The van der Waals surface area contributed by atoms with Gasteiger partial charge in [-0.3, -0.25) is 9.59 Å². The first-order valence-corrected chi connectivity index (χ1v) is 10.7. The Morgan fingerprint density at radius 3 is 2.50 bits per heavy atom. The Hall–Kier alpha value is -2.21. The van der Waals surface area contributed by atoms with Gasteiger partial charge in [0.1, 0.15) is 0 Å². The summed E-state index contributed by atoms with van der Waals surface area (Å²) in [5.41, 5.74) is 2.82. The summed E-state index contributed by atoms with van der Waals surface area (Å²) in [6.45, 7) is 9.25. The number of nitrogens with zero attached hydrogens (tertiary/aromatic N) is 3. The van der Waals surface area contributed by atoms with Crippen molar-refractivity contribution in [1.29, 1.82) is 0 Å². The van der Waals surface area contributed by atoms with Crippen LogP contribution in [0.4, 0.5) is 0 Å². The zero-order valence-corrected chi connectivity index (χ0v) is 18.2. The van der Waals surface area contributed by atoms with Crippen LogP contribution in [-0.2, 0) is 4.79 Å². The maximum Gasteiger partial charge on any atom is 0.253 e. The largest absolute Gasteiger partial charge is 0.338 e. The van der Waals surface area contributed by atoms with E-state index in [9.17, 15) is 9.59 Å². The van der Waals surface area contributed by atoms with Gasteiger partial charge in [-0.15, -0.1) is 11.3 Å². The average Bonchev–Trinajstić information content (AvgIpc) is 3.04. The average molecular weight is 400 g/mol. The lowest BCUT2D eigenvalue weighted by molar-refractivity contribution is -0.137. The fourth-order valence-corrected chi connectivity index (χ4v) is 4.85. The summed E-state index contributed by atoms with van der Waals surface area (Å²) < 4.78 is 0. The molecule has 1 aliphatic heterocycles. The molecule has 0 N–H and O–H groups in total. The molecule has 0 saturated carbocycles. The Balaban J connectivity index is 1.69. The number of rotatable bonds is 4. The molecule has 2 heterocycles. The molecule has 1 aromatic heterocycles. The molecule has 2 aromatic rings. The Kier molecular flexibility index (Phi) is 6.18. The van der Waals surface area contributed by atoms with Crippen molar-refractivity contribution in [1.82, 2.24) is 14.8 Å². The first kappa shape index (κ1) is 20.5. The summed E-state index contributed by atoms with van der Waals surface area (Å²) in [5, 5.41) is 1.02. The smallest absolute Gasteiger partial charge is 0.253 e. The zero-order chi connectivity index (χ0) is 20.4. The third kappa shape index (κ3) is 4.27. The summed E-state index contributed by atoms with van der Waals surface area (Å²) in [4.78, 5) is 35.3. The van der Waals surface area contributed by atoms with Crippen LogP contribution >= 0.6 is 11.3 Å². The molecule has 1 aromatic carbocycles. The zero-order valence-electron chi connectivity index (χ0n) is 17.4. The second-order valence-electron chi connectivity index (χ2n) is 7.76. The molecular weight excluding hydrogens is 370 g/mol. The van der Waals surface area contributed by atoms with Crippen LogP contribution in [0.3, 0.4) is 0 Å². The number of carbonyl (C=O) groups excluding carboxylic acids is 2. The van der Waals surface area contributed by atoms with Crippen molar-refractivity contribution in [3.63, 3.8) is 0 Å². The third-order valence-electron chi connectivity index (χ3n) is 5.60. The van der Waals surface area contributed by atoms with Gasteiger partial charge in [0, 0.05) is 30.6 Å². The summed E-state index contributed by atoms with van der Waals surface area (Å²) in [6.07, 6.45) is 1.68. The number of carbonyl (C=O) groups is 2. The number of amides is 2. The van der Waals surface area contributed by atoms with Crippen LogP contribution in [0.25, 0.3) is 0 Å². The predicted molar refractivity (Wildman–Crippen MR) is 113 cm³/mol. The van der Waals surface area contributed by atoms with Crippen LogP contribution in [0, 0.1) is 26.7 Å². The summed E-state index contributed by atoms with van der Waals surface area (Å²) >= 11 is 1.65. The minimum atomic E-state index is -0.148. The van der Waals surface area contributed by atoms with E-state index >= 15 is 0 Å². The van der Waals surface area contributed by atoms with E-state index in [0.29, 0.717) is 18.7 Å². The Labute approximate surface area is 171 Å². The number of likely N-dealkylation sites (tertiary alicyclic amines) is 1. The molecule has 2 atom stereocenters. The monoisotopic (exact) mass is 399 g/mol. The number of aromatic nitrogens is 1. The summed E-state index contributed by atoms with van der Waals surface area (Å²) in [6, 6.07) is 7.63. The van der Waals surface area contributed by atoms with Gasteiger partial charge in [-0.1, -0.05) is 17.7 Å². The van der Waals surface area contributed by atoms with E-state index in [4.69, 9.17) is 0 Å². The first-order chi connectivity index (χ1) is 13.3. The fraction of sp³-hybridized carbons (Fsp3) is 0.500. The Bertz CT molecular complexity index is 859. The second kappa shape index (κ2) is 8.43. The van der Waals surface area contributed by atoms with E-state index < -0.39 is 0 Å². The maximum atomic E-state index is 13.2. The van der Waals surface area contributed by atoms with Gasteiger partial charge in [-0.05, 0) is 52.7 Å². The van der Waals surface area contributed by atoms with Crippen LogP contribution in [0.15, 0.2) is 24.3 Å². The highest BCUT2D eigenvalue weighted by Crippen LogP contribution is 2.30. The lowest BCUT2D eigenvalue weighted by Crippen LogP contribution is -2.46. The first-order valence-electron chi connectivity index (χ1n) is 9.84. The standard InChI is InChI=1S/C22H29N3O2S/c1-14-8-10-18(11-9-14)22(27)25-12-6-7-19(13-25)21(26)24(5)16(3)20-15(2)23-17(4)28-20/h8-11,16,19H,6-7,12-13H2,1-5H3. The predicted octanol–water partition coefficient (Wildman–Crippen LogP) is 4.14. The van der Waals surface area contributed by atoms with Crippen molar-refractivity contribution in [3.05, 3.63) is 51.0 Å². The van der Waals surface area contributed by atoms with Crippen molar-refractivity contribution >= 4 is 23.2 Å². The SMILES string of the molecule is Cc1ccc(C(=O)N2CCCC(C(=O)N(C)C(C)c3sc(C)nc3C)C2)cc1. The highest BCUT2D eigenvalue weighted by molar-refractivity contribution is 7.11. The lowest BCUT2D eigenvalue weighted by Gasteiger charge is -2.35. The van der Waals surface area contributed by atoms with Crippen molar-refractivity contribution < 1.29 is 9.59 Å². The molecule has 6 heteroatoms. The number of benzene rings is 1. The van der Waals surface area contributed by atoms with Gasteiger partial charge in [0.2, 0.25) is 5.91 Å². The topological polar surface area (TPSA) is 53.5 Å². The fourth-order valence-electron chi connectivity index (χ4n) is 3.83. The van der Waals surface area contributed by atoms with Crippen molar-refractivity contribution in [2.45, 2.75) is 46.6 Å². The van der Waals surface area contributed by atoms with E-state index in [2.05, 4.69) is 11.9 Å². The van der Waals surface area contributed by atoms with Crippen LogP contribution in [0.1, 0.15) is 57.3 Å². The minimum Gasteiger partial charge on any atom is -0.338 e. The van der Waals surface area contributed by atoms with Crippen molar-refractivity contribution in [2.24, 2.45) is 5.92 Å². The van der Waals surface area contributed by atoms with Crippen LogP contribution in [0.5, 0.6) is 0 Å². The van der Waals surface area contributed by atoms with Gasteiger partial charge in [-0.2, -0.15) is 0 Å². The molecule has 2 unspecified atom stereocenters. The molecule has 0 bridgehead atoms. The quantitative estimate of drug-likeness (QED) is 0.776. The highest BCUT2D eigenvalue weighted by atomic mass is 32.1. The van der Waals surface area contributed by atoms with Gasteiger partial charge in [0.15, 0.2) is 0 Å². The molecule has 1 aliphatic rings. The Morgan fingerprint density at radius 1 is 1.21 bits per heavy atom. The molecule has 2 amide bonds. The summed E-state index contributed by atoms with van der Waals surface area (Å²) in [5.74, 6) is -0.0218. The molecule has 0 aliphatic carbocycles. The molecule has 0 radical (unpaired) electrons. The van der Waals surface area contributed by atoms with Crippen LogP contribution in [0.2, 0.25) is 0 Å². The van der Waals surface area contributed by atoms with Gasteiger partial charge in [0.25, 0.3) is 5.91 Å². The molecular formula is C22H29N3O2S. The molecule has 150 valence electrons. The molecule has 0 spiro atoms. The summed E-state index contributed by atoms with van der Waals surface area (Å²) in [7, 11) is 1.86. The number of piperidine rings is 1. The van der Waals surface area contributed by atoms with Crippen LogP contribution < -0.4 is 0 Å². The lowest BCUT2D eigenvalue weighted by atomic mass is 9.95. The van der Waals surface area contributed by atoms with Gasteiger partial charge < -0.3 is 9.80 Å². The number of hydrogen-bond donors (Lipinski definition) is 0. The van der Waals surface area contributed by atoms with Gasteiger partial charge >= 0.3 is 0 Å². The maximum absolute atomic E-state index is 13.2. The van der Waals surface area contributed by atoms with Gasteiger partial charge in [-0.25, -0.2) is 4.98 Å². The van der Waals surface area contributed by atoms with Crippen molar-refractivity contribution in [3.8, 4) is 0 Å². The molecule has 3 rings (SSSR count). The molecule has 1 fully saturated rings. The van der Waals surface area contributed by atoms with Crippen LogP contribution in [-0.4, -0.2) is 46.7 Å². The van der Waals surface area contributed by atoms with E-state index in [0.717, 1.165) is 34.0 Å². The van der Waals surface area contributed by atoms with E-state index in [1.165, 1.54) is 0 Å². The minimum absolute atomic E-state index is 0.0122. The molecule has 1 saturated heterocycles. The molecule has 5 nitrogen and oxygen atoms in total. The van der Waals surface area contributed by atoms with E-state index in [1.807, 2.05) is 61.9 Å². The molecule has 28 heavy (non-hydrogen) atoms. The van der Waals surface area contributed by atoms with E-state index in [-0.39, 0.29) is 23.8 Å². The second-order valence-corrected chi connectivity index (χ2v) is 9.00.